The lowest BCUT2D eigenvalue weighted by atomic mass is 10.4. The summed E-state index contributed by atoms with van der Waals surface area (Å²) in [5.74, 6) is 2.12. The predicted molar refractivity (Wildman–Crippen MR) is 66.3 cm³/mol. The zero-order chi connectivity index (χ0) is 12.1. The molecule has 1 heterocycles. The maximum atomic E-state index is 11.3. The number of hydrogen-bond donors (Lipinski definition) is 2. The van der Waals surface area contributed by atoms with Crippen LogP contribution in [0.5, 0.6) is 0 Å². The van der Waals surface area contributed by atoms with Gasteiger partial charge in [-0.3, -0.25) is 4.79 Å². The molecule has 5 heteroatoms. The van der Waals surface area contributed by atoms with Gasteiger partial charge in [-0.05, 0) is 18.8 Å². The van der Waals surface area contributed by atoms with E-state index in [1.165, 1.54) is 18.9 Å². The molecule has 0 aromatic carbocycles. The lowest BCUT2D eigenvalue weighted by Crippen LogP contribution is -2.16. The third kappa shape index (κ3) is 4.19. The summed E-state index contributed by atoms with van der Waals surface area (Å²) in [7, 11) is 0. The van der Waals surface area contributed by atoms with Gasteiger partial charge in [-0.1, -0.05) is 6.92 Å². The molecule has 0 radical (unpaired) electrons. The Morgan fingerprint density at radius 2 is 2.41 bits per heavy atom. The Kier molecular flexibility index (Phi) is 4.14. The van der Waals surface area contributed by atoms with Crippen LogP contribution in [-0.4, -0.2) is 29.7 Å². The van der Waals surface area contributed by atoms with Crippen LogP contribution in [0.25, 0.3) is 0 Å². The molecule has 17 heavy (non-hydrogen) atoms. The highest BCUT2D eigenvalue weighted by Crippen LogP contribution is 2.28. The first-order valence-corrected chi connectivity index (χ1v) is 6.19. The molecule has 2 rings (SSSR count). The first-order valence-electron chi connectivity index (χ1n) is 6.19. The fraction of sp³-hybridized carbons (Fsp3) is 0.667. The zero-order valence-electron chi connectivity index (χ0n) is 10.2. The Hall–Kier alpha value is -1.36. The van der Waals surface area contributed by atoms with Crippen LogP contribution in [0, 0.1) is 5.92 Å². The lowest BCUT2D eigenvalue weighted by Gasteiger charge is -2.07. The third-order valence-corrected chi connectivity index (χ3v) is 2.73. The van der Waals surface area contributed by atoms with Crippen LogP contribution in [0.4, 0.5) is 5.82 Å². The fourth-order valence-electron chi connectivity index (χ4n) is 1.55. The minimum Gasteiger partial charge on any atom is -0.379 e. The first kappa shape index (κ1) is 12.1. The molecule has 1 aliphatic carbocycles. The van der Waals surface area contributed by atoms with Gasteiger partial charge in [-0.25, -0.2) is 4.98 Å². The Labute approximate surface area is 101 Å². The molecule has 0 atom stereocenters. The van der Waals surface area contributed by atoms with Crippen LogP contribution < -0.4 is 10.9 Å². The molecule has 0 amide bonds. The molecule has 0 aliphatic heterocycles. The van der Waals surface area contributed by atoms with Gasteiger partial charge in [-0.15, -0.1) is 0 Å². The molecule has 5 nitrogen and oxygen atoms in total. The van der Waals surface area contributed by atoms with Crippen molar-refractivity contribution in [3.05, 3.63) is 22.2 Å². The van der Waals surface area contributed by atoms with E-state index in [2.05, 4.69) is 15.3 Å². The highest BCUT2D eigenvalue weighted by molar-refractivity contribution is 5.32. The average Bonchev–Trinajstić information content (AvgIpc) is 3.12. The molecule has 2 N–H and O–H groups in total. The maximum absolute atomic E-state index is 11.3. The maximum Gasteiger partial charge on any atom is 0.252 e. The van der Waals surface area contributed by atoms with Crippen LogP contribution in [0.3, 0.4) is 0 Å². The smallest absolute Gasteiger partial charge is 0.252 e. The SMILES string of the molecule is CCc1nc(NCCOCC2CC2)cc(=O)[nH]1. The van der Waals surface area contributed by atoms with Crippen LogP contribution in [0.1, 0.15) is 25.6 Å². The average molecular weight is 237 g/mol. The molecule has 1 fully saturated rings. The Morgan fingerprint density at radius 3 is 3.12 bits per heavy atom. The van der Waals surface area contributed by atoms with Gasteiger partial charge < -0.3 is 15.0 Å². The standard InChI is InChI=1S/C12H19N3O2/c1-2-10-14-11(7-12(16)15-10)13-5-6-17-8-9-3-4-9/h7,9H,2-6,8H2,1H3,(H2,13,14,15,16). The predicted octanol–water partition coefficient (Wildman–Crippen LogP) is 1.17. The van der Waals surface area contributed by atoms with E-state index < -0.39 is 0 Å². The second kappa shape index (κ2) is 5.82. The number of hydrogen-bond acceptors (Lipinski definition) is 4. The van der Waals surface area contributed by atoms with Crippen LogP contribution in [-0.2, 0) is 11.2 Å². The number of nitrogens with one attached hydrogen (secondary N) is 2. The topological polar surface area (TPSA) is 67.0 Å². The summed E-state index contributed by atoms with van der Waals surface area (Å²) in [6, 6.07) is 1.47. The van der Waals surface area contributed by atoms with Gasteiger partial charge in [0.15, 0.2) is 0 Å². The molecule has 1 aliphatic rings. The van der Waals surface area contributed by atoms with Crippen molar-refractivity contribution in [1.82, 2.24) is 9.97 Å². The van der Waals surface area contributed by atoms with Crippen molar-refractivity contribution in [2.45, 2.75) is 26.2 Å². The molecule has 94 valence electrons. The van der Waals surface area contributed by atoms with Crippen molar-refractivity contribution in [2.75, 3.05) is 25.1 Å². The lowest BCUT2D eigenvalue weighted by molar-refractivity contribution is 0.134. The van der Waals surface area contributed by atoms with Crippen LogP contribution >= 0.6 is 0 Å². The van der Waals surface area contributed by atoms with Gasteiger partial charge in [0.05, 0.1) is 6.61 Å². The quantitative estimate of drug-likeness (QED) is 0.699. The number of ether oxygens (including phenoxy) is 1. The van der Waals surface area contributed by atoms with Gasteiger partial charge >= 0.3 is 0 Å². The van der Waals surface area contributed by atoms with E-state index in [1.54, 1.807) is 0 Å². The molecule has 1 saturated carbocycles. The number of aromatic amines is 1. The van der Waals surface area contributed by atoms with Gasteiger partial charge in [-0.2, -0.15) is 0 Å². The molecule has 0 bridgehead atoms. The van der Waals surface area contributed by atoms with Gasteiger partial charge in [0.1, 0.15) is 11.6 Å². The van der Waals surface area contributed by atoms with Gasteiger partial charge in [0.25, 0.3) is 5.56 Å². The monoisotopic (exact) mass is 237 g/mol. The van der Waals surface area contributed by atoms with E-state index in [-0.39, 0.29) is 5.56 Å². The van der Waals surface area contributed by atoms with Crippen molar-refractivity contribution >= 4 is 5.82 Å². The Balaban J connectivity index is 1.73. The van der Waals surface area contributed by atoms with E-state index in [1.807, 2.05) is 6.92 Å². The summed E-state index contributed by atoms with van der Waals surface area (Å²) >= 11 is 0. The summed E-state index contributed by atoms with van der Waals surface area (Å²) in [6.45, 7) is 4.17. The first-order chi connectivity index (χ1) is 8.28. The van der Waals surface area contributed by atoms with Gasteiger partial charge in [0, 0.05) is 25.6 Å². The molecule has 1 aromatic rings. The van der Waals surface area contributed by atoms with Crippen LogP contribution in [0.15, 0.2) is 10.9 Å². The number of H-pyrrole nitrogens is 1. The Bertz CT molecular complexity index is 412. The fourth-order valence-corrected chi connectivity index (χ4v) is 1.55. The van der Waals surface area contributed by atoms with Crippen LogP contribution in [0.2, 0.25) is 0 Å². The second-order valence-corrected chi connectivity index (χ2v) is 4.38. The summed E-state index contributed by atoms with van der Waals surface area (Å²) < 4.78 is 5.49. The van der Waals surface area contributed by atoms with E-state index in [9.17, 15) is 4.79 Å². The molecule has 1 aromatic heterocycles. The van der Waals surface area contributed by atoms with Crippen molar-refractivity contribution < 1.29 is 4.74 Å². The summed E-state index contributed by atoms with van der Waals surface area (Å²) in [5, 5.41) is 3.10. The minimum atomic E-state index is -0.113. The van der Waals surface area contributed by atoms with Crippen molar-refractivity contribution in [1.29, 1.82) is 0 Å². The largest absolute Gasteiger partial charge is 0.379 e. The van der Waals surface area contributed by atoms with E-state index in [4.69, 9.17) is 4.74 Å². The van der Waals surface area contributed by atoms with Crippen molar-refractivity contribution in [3.63, 3.8) is 0 Å². The van der Waals surface area contributed by atoms with E-state index in [0.717, 1.165) is 18.9 Å². The van der Waals surface area contributed by atoms with E-state index in [0.29, 0.717) is 24.8 Å². The summed E-state index contributed by atoms with van der Waals surface area (Å²) in [6.07, 6.45) is 3.34. The molecule has 0 saturated heterocycles. The summed E-state index contributed by atoms with van der Waals surface area (Å²) in [4.78, 5) is 18.2. The number of aromatic nitrogens is 2. The number of aryl methyl sites for hydroxylation is 1. The highest BCUT2D eigenvalue weighted by atomic mass is 16.5. The third-order valence-electron chi connectivity index (χ3n) is 2.73. The van der Waals surface area contributed by atoms with E-state index >= 15 is 0 Å². The molecular weight excluding hydrogens is 218 g/mol. The minimum absolute atomic E-state index is 0.113. The molecule has 0 spiro atoms. The highest BCUT2D eigenvalue weighted by Gasteiger charge is 2.20. The number of anilines is 1. The molecule has 0 unspecified atom stereocenters. The van der Waals surface area contributed by atoms with Gasteiger partial charge in [0.2, 0.25) is 0 Å². The normalized spacial score (nSPS) is 14.9. The summed E-state index contributed by atoms with van der Waals surface area (Å²) in [5.41, 5.74) is -0.113. The Morgan fingerprint density at radius 1 is 1.59 bits per heavy atom. The molecular formula is C12H19N3O2. The number of nitrogens with zero attached hydrogens (tertiary/aromatic N) is 1. The second-order valence-electron chi connectivity index (χ2n) is 4.38. The van der Waals surface area contributed by atoms with Crippen molar-refractivity contribution in [2.24, 2.45) is 5.92 Å². The zero-order valence-corrected chi connectivity index (χ0v) is 10.2. The number of rotatable bonds is 7. The van der Waals surface area contributed by atoms with Crippen molar-refractivity contribution in [3.8, 4) is 0 Å².